The molecule has 3 aromatic heterocycles. The van der Waals surface area contributed by atoms with Crippen LogP contribution in [0, 0.1) is 0 Å². The van der Waals surface area contributed by atoms with Crippen LogP contribution in [0.2, 0.25) is 5.02 Å². The molecular weight excluding hydrogens is 437 g/mol. The van der Waals surface area contributed by atoms with Gasteiger partial charge in [-0.2, -0.15) is 0 Å². The zero-order chi connectivity index (χ0) is 20.7. The van der Waals surface area contributed by atoms with E-state index >= 15 is 0 Å². The number of piperidine rings is 1. The van der Waals surface area contributed by atoms with Gasteiger partial charge in [0.15, 0.2) is 11.1 Å². The summed E-state index contributed by atoms with van der Waals surface area (Å²) in [4.78, 5) is 21.7. The van der Waals surface area contributed by atoms with Gasteiger partial charge in [-0.25, -0.2) is 4.98 Å². The van der Waals surface area contributed by atoms with Crippen molar-refractivity contribution in [1.82, 2.24) is 15.3 Å². The molecule has 0 radical (unpaired) electrons. The van der Waals surface area contributed by atoms with Gasteiger partial charge in [-0.15, -0.1) is 12.4 Å². The Balaban J connectivity index is 0.00000231. The van der Waals surface area contributed by atoms with E-state index in [1.807, 2.05) is 12.1 Å². The quantitative estimate of drug-likeness (QED) is 0.395. The third-order valence-corrected chi connectivity index (χ3v) is 5.72. The van der Waals surface area contributed by atoms with Crippen molar-refractivity contribution in [1.29, 1.82) is 0 Å². The Kier molecular flexibility index (Phi) is 6.00. The van der Waals surface area contributed by atoms with Crippen LogP contribution in [-0.4, -0.2) is 29.1 Å². The van der Waals surface area contributed by atoms with Crippen LogP contribution in [-0.2, 0) is 0 Å². The summed E-state index contributed by atoms with van der Waals surface area (Å²) in [5, 5.41) is 7.50. The summed E-state index contributed by atoms with van der Waals surface area (Å²) in [6, 6.07) is 11.1. The molecule has 0 amide bonds. The number of aromatic nitrogens is 2. The van der Waals surface area contributed by atoms with Gasteiger partial charge in [-0.1, -0.05) is 17.7 Å². The minimum atomic E-state index is -0.301. The van der Waals surface area contributed by atoms with E-state index in [0.29, 0.717) is 38.9 Å². The number of pyridine rings is 2. The van der Waals surface area contributed by atoms with Crippen molar-refractivity contribution in [3.63, 3.8) is 0 Å². The van der Waals surface area contributed by atoms with Crippen molar-refractivity contribution in [2.24, 2.45) is 0 Å². The summed E-state index contributed by atoms with van der Waals surface area (Å²) in [6.07, 6.45) is 3.96. The molecule has 1 aliphatic rings. The lowest BCUT2D eigenvalue weighted by molar-refractivity contribution is 0.479. The number of nitrogens with two attached hydrogens (primary N) is 1. The van der Waals surface area contributed by atoms with E-state index in [0.717, 1.165) is 31.6 Å². The van der Waals surface area contributed by atoms with Crippen molar-refractivity contribution in [3.8, 4) is 11.3 Å². The number of hydrogen-bond donors (Lipinski definition) is 3. The molecule has 1 saturated heterocycles. The molecule has 1 aliphatic heterocycles. The van der Waals surface area contributed by atoms with E-state index < -0.39 is 0 Å². The molecule has 0 spiro atoms. The number of benzene rings is 1. The molecule has 31 heavy (non-hydrogen) atoms. The third-order valence-electron chi connectivity index (χ3n) is 5.40. The molecule has 4 N–H and O–H groups in total. The first kappa shape index (κ1) is 21.4. The molecule has 7 nitrogen and oxygen atoms in total. The van der Waals surface area contributed by atoms with Crippen LogP contribution in [0.15, 0.2) is 51.8 Å². The van der Waals surface area contributed by atoms with Crippen LogP contribution in [0.5, 0.6) is 0 Å². The second-order valence-electron chi connectivity index (χ2n) is 7.41. The average Bonchev–Trinajstić information content (AvgIpc) is 2.75. The van der Waals surface area contributed by atoms with Crippen molar-refractivity contribution < 1.29 is 4.42 Å². The largest absolute Gasteiger partial charge is 0.454 e. The Morgan fingerprint density at radius 2 is 1.97 bits per heavy atom. The van der Waals surface area contributed by atoms with Crippen LogP contribution in [0.4, 0.5) is 11.5 Å². The SMILES string of the molecule is Cl.Nc1nc2c(=O)c3c(Cl)cccc3oc2cc1-c1ccc(NC2CCNCC2)cn1. The van der Waals surface area contributed by atoms with E-state index in [1.54, 1.807) is 30.5 Å². The molecule has 4 aromatic rings. The molecule has 0 bridgehead atoms. The highest BCUT2D eigenvalue weighted by Crippen LogP contribution is 2.30. The first-order chi connectivity index (χ1) is 14.6. The predicted octanol–water partition coefficient (Wildman–Crippen LogP) is 4.22. The molecule has 0 aliphatic carbocycles. The topological polar surface area (TPSA) is 106 Å². The Labute approximate surface area is 189 Å². The second kappa shape index (κ2) is 8.70. The molecule has 5 rings (SSSR count). The standard InChI is InChI=1S/C22H20ClN5O2.ClH/c23-15-2-1-3-17-19(15)21(29)20-18(30-17)10-14(22(24)28-20)16-5-4-13(11-26-16)27-12-6-8-25-9-7-12;/h1-5,10-12,25,27H,6-9H2,(H2,24,28);1H. The highest BCUT2D eigenvalue weighted by atomic mass is 35.5. The fourth-order valence-corrected chi connectivity index (χ4v) is 4.09. The number of halogens is 2. The van der Waals surface area contributed by atoms with Gasteiger partial charge >= 0.3 is 0 Å². The summed E-state index contributed by atoms with van der Waals surface area (Å²) in [7, 11) is 0. The Hall–Kier alpha value is -2.87. The number of anilines is 2. The summed E-state index contributed by atoms with van der Waals surface area (Å²) in [6.45, 7) is 2.04. The van der Waals surface area contributed by atoms with Gasteiger partial charge in [0.25, 0.3) is 0 Å². The van der Waals surface area contributed by atoms with Gasteiger partial charge in [0.1, 0.15) is 11.4 Å². The van der Waals surface area contributed by atoms with Crippen molar-refractivity contribution in [3.05, 3.63) is 57.8 Å². The number of hydrogen-bond acceptors (Lipinski definition) is 7. The highest BCUT2D eigenvalue weighted by molar-refractivity contribution is 6.35. The first-order valence-electron chi connectivity index (χ1n) is 9.85. The zero-order valence-corrected chi connectivity index (χ0v) is 18.1. The van der Waals surface area contributed by atoms with Gasteiger partial charge in [0.05, 0.1) is 28.0 Å². The fraction of sp³-hybridized carbons (Fsp3) is 0.227. The molecule has 1 aromatic carbocycles. The Bertz CT molecular complexity index is 1300. The smallest absolute Gasteiger partial charge is 0.220 e. The summed E-state index contributed by atoms with van der Waals surface area (Å²) in [5.74, 6) is 0.216. The number of rotatable bonds is 3. The number of fused-ring (bicyclic) bond motifs is 2. The molecular formula is C22H21Cl2N5O2. The molecule has 4 heterocycles. The van der Waals surface area contributed by atoms with E-state index in [-0.39, 0.29) is 29.2 Å². The average molecular weight is 458 g/mol. The first-order valence-corrected chi connectivity index (χ1v) is 10.2. The summed E-state index contributed by atoms with van der Waals surface area (Å²) < 4.78 is 5.90. The molecule has 1 fully saturated rings. The molecule has 0 unspecified atom stereocenters. The maximum absolute atomic E-state index is 12.9. The number of nitrogens with one attached hydrogen (secondary N) is 2. The Morgan fingerprint density at radius 1 is 1.16 bits per heavy atom. The monoisotopic (exact) mass is 457 g/mol. The Morgan fingerprint density at radius 3 is 2.71 bits per heavy atom. The molecule has 0 saturated carbocycles. The normalized spacial score (nSPS) is 14.5. The van der Waals surface area contributed by atoms with Crippen LogP contribution in [0.1, 0.15) is 12.8 Å². The maximum atomic E-state index is 12.9. The molecule has 9 heteroatoms. The van der Waals surface area contributed by atoms with E-state index in [2.05, 4.69) is 20.6 Å². The van der Waals surface area contributed by atoms with Crippen LogP contribution < -0.4 is 21.8 Å². The fourth-order valence-electron chi connectivity index (χ4n) is 3.84. The minimum absolute atomic E-state index is 0. The third kappa shape index (κ3) is 4.04. The van der Waals surface area contributed by atoms with Gasteiger partial charge < -0.3 is 20.8 Å². The second-order valence-corrected chi connectivity index (χ2v) is 7.82. The van der Waals surface area contributed by atoms with Crippen LogP contribution in [0.25, 0.3) is 33.3 Å². The number of nitrogens with zero attached hydrogens (tertiary/aromatic N) is 2. The summed E-state index contributed by atoms with van der Waals surface area (Å²) >= 11 is 6.18. The minimum Gasteiger partial charge on any atom is -0.454 e. The van der Waals surface area contributed by atoms with Crippen molar-refractivity contribution >= 4 is 57.6 Å². The van der Waals surface area contributed by atoms with Gasteiger partial charge in [-0.05, 0) is 56.3 Å². The predicted molar refractivity (Wildman–Crippen MR) is 127 cm³/mol. The highest BCUT2D eigenvalue weighted by Gasteiger charge is 2.16. The van der Waals surface area contributed by atoms with Crippen molar-refractivity contribution in [2.45, 2.75) is 18.9 Å². The number of nitrogen functional groups attached to an aromatic ring is 1. The lowest BCUT2D eigenvalue weighted by atomic mass is 10.1. The van der Waals surface area contributed by atoms with Gasteiger partial charge in [0.2, 0.25) is 5.43 Å². The van der Waals surface area contributed by atoms with E-state index in [4.69, 9.17) is 21.8 Å². The van der Waals surface area contributed by atoms with Crippen molar-refractivity contribution in [2.75, 3.05) is 24.1 Å². The molecule has 160 valence electrons. The van der Waals surface area contributed by atoms with E-state index in [1.165, 1.54) is 0 Å². The lowest BCUT2D eigenvalue weighted by Gasteiger charge is -2.24. The maximum Gasteiger partial charge on any atom is 0.220 e. The summed E-state index contributed by atoms with van der Waals surface area (Å²) in [5.41, 5.74) is 9.01. The van der Waals surface area contributed by atoms with Gasteiger partial charge in [0, 0.05) is 11.6 Å². The van der Waals surface area contributed by atoms with Crippen LogP contribution in [0.3, 0.4) is 0 Å². The zero-order valence-electron chi connectivity index (χ0n) is 16.5. The van der Waals surface area contributed by atoms with Gasteiger partial charge in [-0.3, -0.25) is 9.78 Å². The van der Waals surface area contributed by atoms with Crippen LogP contribution >= 0.6 is 24.0 Å². The lowest BCUT2D eigenvalue weighted by Crippen LogP contribution is -2.35. The van der Waals surface area contributed by atoms with E-state index in [9.17, 15) is 4.79 Å². The molecule has 0 atom stereocenters.